The molecule has 0 N–H and O–H groups in total. The number of hydrogen-bond donors (Lipinski definition) is 0. The molecule has 0 saturated carbocycles. The molecule has 0 aliphatic heterocycles. The molecule has 7 aromatic carbocycles. The van der Waals surface area contributed by atoms with Crippen molar-refractivity contribution in [3.05, 3.63) is 158 Å². The molecule has 48 heavy (non-hydrogen) atoms. The summed E-state index contributed by atoms with van der Waals surface area (Å²) in [4.78, 5) is 15.2. The normalized spacial score (nSPS) is 11.8. The summed E-state index contributed by atoms with van der Waals surface area (Å²) in [6, 6.07) is 54.4. The average molecular weight is 615 g/mol. The maximum absolute atomic E-state index is 6.71. The Morgan fingerprint density at radius 3 is 1.81 bits per heavy atom. The van der Waals surface area contributed by atoms with Crippen LogP contribution in [0.15, 0.2) is 162 Å². The van der Waals surface area contributed by atoms with Gasteiger partial charge in [0.2, 0.25) is 5.95 Å². The molecule has 3 heterocycles. The molecule has 0 spiro atoms. The van der Waals surface area contributed by atoms with Crippen molar-refractivity contribution in [3.8, 4) is 39.9 Å². The third-order valence-corrected chi connectivity index (χ3v) is 9.27. The van der Waals surface area contributed by atoms with Crippen LogP contribution < -0.4 is 0 Å². The molecule has 0 aliphatic carbocycles. The van der Waals surface area contributed by atoms with Crippen LogP contribution >= 0.6 is 0 Å². The van der Waals surface area contributed by atoms with E-state index in [0.717, 1.165) is 66.0 Å². The third-order valence-electron chi connectivity index (χ3n) is 9.27. The highest BCUT2D eigenvalue weighted by Crippen LogP contribution is 2.40. The largest absolute Gasteiger partial charge is 0.455 e. The summed E-state index contributed by atoms with van der Waals surface area (Å²) in [5.74, 6) is 1.76. The van der Waals surface area contributed by atoms with Crippen LogP contribution in [0.4, 0.5) is 0 Å². The van der Waals surface area contributed by atoms with Gasteiger partial charge in [-0.1, -0.05) is 133 Å². The molecule has 0 saturated heterocycles. The molecule has 224 valence electrons. The fourth-order valence-corrected chi connectivity index (χ4v) is 7.06. The smallest absolute Gasteiger partial charge is 0.238 e. The van der Waals surface area contributed by atoms with Gasteiger partial charge in [0.15, 0.2) is 11.6 Å². The zero-order valence-electron chi connectivity index (χ0n) is 25.7. The third kappa shape index (κ3) is 4.08. The molecule has 0 atom stereocenters. The summed E-state index contributed by atoms with van der Waals surface area (Å²) >= 11 is 0. The number of nitrogens with zero attached hydrogens (tertiary/aromatic N) is 4. The highest BCUT2D eigenvalue weighted by atomic mass is 16.3. The summed E-state index contributed by atoms with van der Waals surface area (Å²) in [5.41, 5.74) is 7.75. The standard InChI is InChI=1S/C43H26N4O/c1-2-13-28(14-3-1)41-44-42(46-43(45-41)47-37-22-8-6-17-32(37)33-18-7-9-23-38(33)47)29-24-25-34-36-21-11-20-35(40(36)48-39(34)26-29)31-19-10-15-27-12-4-5-16-30(27)31/h1-26H. The molecule has 3 aromatic heterocycles. The number of aromatic nitrogens is 4. The Morgan fingerprint density at radius 2 is 1.02 bits per heavy atom. The van der Waals surface area contributed by atoms with Crippen LogP contribution in [0.5, 0.6) is 0 Å². The second kappa shape index (κ2) is 10.5. The van der Waals surface area contributed by atoms with E-state index in [-0.39, 0.29) is 0 Å². The Kier molecular flexibility index (Phi) is 5.81. The maximum atomic E-state index is 6.71. The first kappa shape index (κ1) is 26.6. The minimum absolute atomic E-state index is 0.569. The topological polar surface area (TPSA) is 56.7 Å². The fraction of sp³-hybridized carbons (Fsp3) is 0. The maximum Gasteiger partial charge on any atom is 0.238 e. The first-order valence-corrected chi connectivity index (χ1v) is 16.0. The molecule has 10 aromatic rings. The van der Waals surface area contributed by atoms with Crippen molar-refractivity contribution < 1.29 is 4.42 Å². The van der Waals surface area contributed by atoms with Gasteiger partial charge < -0.3 is 4.42 Å². The second-order valence-electron chi connectivity index (χ2n) is 12.0. The van der Waals surface area contributed by atoms with E-state index < -0.39 is 0 Å². The van der Waals surface area contributed by atoms with Crippen molar-refractivity contribution >= 4 is 54.5 Å². The van der Waals surface area contributed by atoms with E-state index >= 15 is 0 Å². The summed E-state index contributed by atoms with van der Waals surface area (Å²) in [6.45, 7) is 0. The first-order valence-electron chi connectivity index (χ1n) is 16.0. The van der Waals surface area contributed by atoms with Crippen LogP contribution in [-0.2, 0) is 0 Å². The number of furan rings is 1. The number of rotatable bonds is 4. The van der Waals surface area contributed by atoms with Crippen LogP contribution in [0.3, 0.4) is 0 Å². The van der Waals surface area contributed by atoms with Gasteiger partial charge in [0.1, 0.15) is 11.2 Å². The zero-order chi connectivity index (χ0) is 31.6. The highest BCUT2D eigenvalue weighted by molar-refractivity contribution is 6.13. The van der Waals surface area contributed by atoms with Gasteiger partial charge in [0.05, 0.1) is 11.0 Å². The van der Waals surface area contributed by atoms with Crippen molar-refractivity contribution in [2.75, 3.05) is 0 Å². The summed E-state index contributed by atoms with van der Waals surface area (Å²) < 4.78 is 8.84. The van der Waals surface area contributed by atoms with E-state index in [1.165, 1.54) is 10.8 Å². The van der Waals surface area contributed by atoms with Gasteiger partial charge in [-0.2, -0.15) is 9.97 Å². The summed E-state index contributed by atoms with van der Waals surface area (Å²) in [5, 5.41) is 6.84. The second-order valence-corrected chi connectivity index (χ2v) is 12.0. The van der Waals surface area contributed by atoms with Crippen LogP contribution in [0.1, 0.15) is 0 Å². The first-order chi connectivity index (χ1) is 23.8. The van der Waals surface area contributed by atoms with Gasteiger partial charge >= 0.3 is 0 Å². The van der Waals surface area contributed by atoms with Crippen molar-refractivity contribution in [1.29, 1.82) is 0 Å². The van der Waals surface area contributed by atoms with Gasteiger partial charge in [-0.05, 0) is 40.6 Å². The van der Waals surface area contributed by atoms with Gasteiger partial charge in [0, 0.05) is 38.2 Å². The molecule has 0 amide bonds. The minimum Gasteiger partial charge on any atom is -0.455 e. The van der Waals surface area contributed by atoms with E-state index in [1.807, 2.05) is 30.3 Å². The Labute approximate surface area is 275 Å². The lowest BCUT2D eigenvalue weighted by atomic mass is 9.96. The average Bonchev–Trinajstić information content (AvgIpc) is 3.70. The number of hydrogen-bond acceptors (Lipinski definition) is 4. The number of benzene rings is 7. The van der Waals surface area contributed by atoms with Crippen LogP contribution in [0.25, 0.3) is 94.4 Å². The molecule has 5 nitrogen and oxygen atoms in total. The molecular formula is C43H26N4O. The van der Waals surface area contributed by atoms with Gasteiger partial charge in [0.25, 0.3) is 0 Å². The monoisotopic (exact) mass is 614 g/mol. The van der Waals surface area contributed by atoms with E-state index in [1.54, 1.807) is 0 Å². The van der Waals surface area contributed by atoms with Crippen molar-refractivity contribution in [1.82, 2.24) is 19.5 Å². The Bertz CT molecular complexity index is 2790. The molecule has 0 bridgehead atoms. The van der Waals surface area contributed by atoms with Gasteiger partial charge in [-0.3, -0.25) is 4.57 Å². The molecule has 0 radical (unpaired) electrons. The van der Waals surface area contributed by atoms with Crippen LogP contribution in [-0.4, -0.2) is 19.5 Å². The molecule has 5 heteroatoms. The zero-order valence-corrected chi connectivity index (χ0v) is 25.7. The quantitative estimate of drug-likeness (QED) is 0.198. The van der Waals surface area contributed by atoms with Crippen molar-refractivity contribution in [3.63, 3.8) is 0 Å². The highest BCUT2D eigenvalue weighted by Gasteiger charge is 2.19. The molecule has 0 unspecified atom stereocenters. The number of fused-ring (bicyclic) bond motifs is 7. The fourth-order valence-electron chi connectivity index (χ4n) is 7.06. The lowest BCUT2D eigenvalue weighted by Gasteiger charge is -2.10. The number of para-hydroxylation sites is 3. The minimum atomic E-state index is 0.569. The van der Waals surface area contributed by atoms with Gasteiger partial charge in [-0.15, -0.1) is 0 Å². The Hall–Kier alpha value is -6.59. The SMILES string of the molecule is c1ccc(-c2nc(-c3ccc4c(c3)oc3c(-c5cccc6ccccc56)cccc34)nc(-n3c4ccccc4c4ccccc43)n2)cc1. The van der Waals surface area contributed by atoms with Crippen molar-refractivity contribution in [2.24, 2.45) is 0 Å². The molecule has 10 rings (SSSR count). The van der Waals surface area contributed by atoms with Crippen LogP contribution in [0, 0.1) is 0 Å². The van der Waals surface area contributed by atoms with E-state index in [9.17, 15) is 0 Å². The summed E-state index contributed by atoms with van der Waals surface area (Å²) in [6.07, 6.45) is 0. The van der Waals surface area contributed by atoms with E-state index in [2.05, 4.69) is 132 Å². The van der Waals surface area contributed by atoms with Crippen LogP contribution in [0.2, 0.25) is 0 Å². The lowest BCUT2D eigenvalue weighted by molar-refractivity contribution is 0.670. The predicted molar refractivity (Wildman–Crippen MR) is 195 cm³/mol. The van der Waals surface area contributed by atoms with E-state index in [4.69, 9.17) is 19.4 Å². The molecule has 0 fully saturated rings. The summed E-state index contributed by atoms with van der Waals surface area (Å²) in [7, 11) is 0. The lowest BCUT2D eigenvalue weighted by Crippen LogP contribution is -2.06. The molecule has 0 aliphatic rings. The van der Waals surface area contributed by atoms with Gasteiger partial charge in [-0.25, -0.2) is 4.98 Å². The van der Waals surface area contributed by atoms with Crippen molar-refractivity contribution in [2.45, 2.75) is 0 Å². The molecular weight excluding hydrogens is 589 g/mol. The Balaban J connectivity index is 1.19. The Morgan fingerprint density at radius 1 is 0.417 bits per heavy atom. The van der Waals surface area contributed by atoms with E-state index in [0.29, 0.717) is 17.6 Å². The predicted octanol–water partition coefficient (Wildman–Crippen LogP) is 11.0.